The Morgan fingerprint density at radius 2 is 1.87 bits per heavy atom. The molecule has 1 aliphatic rings. The molecule has 0 bridgehead atoms. The third kappa shape index (κ3) is 4.28. The Kier molecular flexibility index (Phi) is 5.08. The highest BCUT2D eigenvalue weighted by Gasteiger charge is 2.33. The van der Waals surface area contributed by atoms with E-state index in [1.165, 1.54) is 11.8 Å². The van der Waals surface area contributed by atoms with Crippen molar-refractivity contribution in [2.75, 3.05) is 0 Å². The van der Waals surface area contributed by atoms with Gasteiger partial charge in [-0.05, 0) is 37.5 Å². The minimum absolute atomic E-state index is 0.154. The molecule has 1 unspecified atom stereocenters. The number of alkyl halides is 3. The summed E-state index contributed by atoms with van der Waals surface area (Å²) in [6.07, 6.45) is -4.38. The number of amidine groups is 1. The number of amides is 1. The standard InChI is InChI=1S/C16H19F3N2OS/c1-8(2)13-14(22)21-15(23-13)20-10(4)11-5-9(3)6-12(7-11)16(17,18)19/h5-8,10,13H,1-4H3,(H,20,21,22)/t10-,13?/m0/s1. The van der Waals surface area contributed by atoms with Gasteiger partial charge in [0.2, 0.25) is 0 Å². The second-order valence-corrected chi connectivity index (χ2v) is 7.16. The first-order valence-corrected chi connectivity index (χ1v) is 8.20. The fraction of sp³-hybridized carbons (Fsp3) is 0.500. The Morgan fingerprint density at radius 1 is 1.22 bits per heavy atom. The summed E-state index contributed by atoms with van der Waals surface area (Å²) < 4.78 is 38.7. The minimum Gasteiger partial charge on any atom is -0.358 e. The first-order chi connectivity index (χ1) is 10.6. The van der Waals surface area contributed by atoms with Gasteiger partial charge >= 0.3 is 6.18 Å². The molecule has 1 aromatic rings. The number of hydrogen-bond donors (Lipinski definition) is 1. The number of nitrogens with zero attached hydrogens (tertiary/aromatic N) is 1. The molecule has 0 fully saturated rings. The maximum atomic E-state index is 12.9. The molecule has 23 heavy (non-hydrogen) atoms. The van der Waals surface area contributed by atoms with E-state index in [2.05, 4.69) is 10.3 Å². The van der Waals surface area contributed by atoms with E-state index in [0.29, 0.717) is 16.3 Å². The first-order valence-electron chi connectivity index (χ1n) is 7.32. The SMILES string of the molecule is Cc1cc([C@H](C)NC2=NC(=O)C(C(C)C)S2)cc(C(F)(F)F)c1. The van der Waals surface area contributed by atoms with Gasteiger partial charge in [-0.25, -0.2) is 0 Å². The van der Waals surface area contributed by atoms with Gasteiger partial charge in [0.25, 0.3) is 5.91 Å². The average Bonchev–Trinajstić information content (AvgIpc) is 2.78. The van der Waals surface area contributed by atoms with E-state index in [1.807, 2.05) is 13.8 Å². The molecule has 2 rings (SSSR count). The maximum absolute atomic E-state index is 12.9. The van der Waals surface area contributed by atoms with Crippen LogP contribution in [0.25, 0.3) is 0 Å². The summed E-state index contributed by atoms with van der Waals surface area (Å²) in [4.78, 5) is 15.7. The number of halogens is 3. The quantitative estimate of drug-likeness (QED) is 0.888. The van der Waals surface area contributed by atoms with Gasteiger partial charge in [0.1, 0.15) is 0 Å². The molecule has 3 nitrogen and oxygen atoms in total. The predicted molar refractivity (Wildman–Crippen MR) is 86.4 cm³/mol. The van der Waals surface area contributed by atoms with E-state index < -0.39 is 11.7 Å². The van der Waals surface area contributed by atoms with E-state index in [-0.39, 0.29) is 23.1 Å². The summed E-state index contributed by atoms with van der Waals surface area (Å²) in [5.41, 5.74) is 0.389. The monoisotopic (exact) mass is 344 g/mol. The summed E-state index contributed by atoms with van der Waals surface area (Å²) in [6, 6.07) is 3.58. The number of carbonyl (C=O) groups excluding carboxylic acids is 1. The van der Waals surface area contributed by atoms with Gasteiger partial charge in [0, 0.05) is 0 Å². The molecule has 1 aromatic carbocycles. The van der Waals surface area contributed by atoms with Gasteiger partial charge < -0.3 is 5.32 Å². The Morgan fingerprint density at radius 3 is 2.39 bits per heavy atom. The fourth-order valence-corrected chi connectivity index (χ4v) is 3.40. The first kappa shape index (κ1) is 17.8. The third-order valence-corrected chi connectivity index (χ3v) is 5.00. The van der Waals surface area contributed by atoms with Gasteiger partial charge in [0.15, 0.2) is 5.17 Å². The highest BCUT2D eigenvalue weighted by atomic mass is 32.2. The lowest BCUT2D eigenvalue weighted by Crippen LogP contribution is -2.24. The molecule has 1 heterocycles. The molecule has 0 saturated carbocycles. The second-order valence-electron chi connectivity index (χ2n) is 6.03. The van der Waals surface area contributed by atoms with Crippen LogP contribution in [0, 0.1) is 12.8 Å². The molecule has 0 radical (unpaired) electrons. The molecule has 0 aromatic heterocycles. The molecule has 0 saturated heterocycles. The Balaban J connectivity index is 2.16. The summed E-state index contributed by atoms with van der Waals surface area (Å²) >= 11 is 1.33. The lowest BCUT2D eigenvalue weighted by molar-refractivity contribution is -0.137. The largest absolute Gasteiger partial charge is 0.416 e. The minimum atomic E-state index is -4.38. The molecule has 2 atom stereocenters. The summed E-state index contributed by atoms with van der Waals surface area (Å²) in [6.45, 7) is 7.26. The number of hydrogen-bond acceptors (Lipinski definition) is 3. The number of benzene rings is 1. The lowest BCUT2D eigenvalue weighted by atomic mass is 10.0. The van der Waals surface area contributed by atoms with Crippen molar-refractivity contribution in [2.24, 2.45) is 10.9 Å². The molecular formula is C16H19F3N2OS. The summed E-state index contributed by atoms with van der Waals surface area (Å²) in [5, 5.41) is 3.28. The highest BCUT2D eigenvalue weighted by Crippen LogP contribution is 2.33. The molecule has 1 aliphatic heterocycles. The number of thioether (sulfide) groups is 1. The molecule has 126 valence electrons. The van der Waals surface area contributed by atoms with Gasteiger partial charge in [-0.3, -0.25) is 4.79 Å². The van der Waals surface area contributed by atoms with Crippen LogP contribution in [0.1, 0.15) is 43.5 Å². The van der Waals surface area contributed by atoms with E-state index in [9.17, 15) is 18.0 Å². The zero-order valence-corrected chi connectivity index (χ0v) is 14.2. The van der Waals surface area contributed by atoms with Crippen LogP contribution in [0.5, 0.6) is 0 Å². The Labute approximate surface area is 137 Å². The van der Waals surface area contributed by atoms with Crippen molar-refractivity contribution in [3.8, 4) is 0 Å². The van der Waals surface area contributed by atoms with Crippen molar-refractivity contribution in [3.05, 3.63) is 34.9 Å². The number of aliphatic imine (C=N–C) groups is 1. The highest BCUT2D eigenvalue weighted by molar-refractivity contribution is 8.15. The van der Waals surface area contributed by atoms with Crippen molar-refractivity contribution in [1.82, 2.24) is 5.32 Å². The van der Waals surface area contributed by atoms with Crippen LogP contribution >= 0.6 is 11.8 Å². The third-order valence-electron chi connectivity index (χ3n) is 3.57. The Hall–Kier alpha value is -1.50. The van der Waals surface area contributed by atoms with E-state index in [4.69, 9.17) is 0 Å². The van der Waals surface area contributed by atoms with Gasteiger partial charge in [0.05, 0.1) is 16.9 Å². The van der Waals surface area contributed by atoms with Crippen LogP contribution in [0.4, 0.5) is 13.2 Å². The molecule has 0 aliphatic carbocycles. The van der Waals surface area contributed by atoms with Crippen molar-refractivity contribution >= 4 is 22.8 Å². The van der Waals surface area contributed by atoms with Gasteiger partial charge in [-0.15, -0.1) is 0 Å². The second kappa shape index (κ2) is 6.55. The number of rotatable bonds is 3. The van der Waals surface area contributed by atoms with Gasteiger partial charge in [-0.2, -0.15) is 18.2 Å². The van der Waals surface area contributed by atoms with Crippen molar-refractivity contribution < 1.29 is 18.0 Å². The molecular weight excluding hydrogens is 325 g/mol. The lowest BCUT2D eigenvalue weighted by Gasteiger charge is -2.18. The number of aryl methyl sites for hydroxylation is 1. The Bertz CT molecular complexity index is 641. The molecule has 1 N–H and O–H groups in total. The smallest absolute Gasteiger partial charge is 0.358 e. The van der Waals surface area contributed by atoms with Gasteiger partial charge in [-0.1, -0.05) is 37.2 Å². The van der Waals surface area contributed by atoms with Crippen LogP contribution in [0.15, 0.2) is 23.2 Å². The fourth-order valence-electron chi connectivity index (χ4n) is 2.34. The van der Waals surface area contributed by atoms with Crippen LogP contribution in [0.3, 0.4) is 0 Å². The van der Waals surface area contributed by atoms with Crippen LogP contribution in [0.2, 0.25) is 0 Å². The average molecular weight is 344 g/mol. The molecule has 0 spiro atoms. The van der Waals surface area contributed by atoms with Crippen LogP contribution < -0.4 is 5.32 Å². The zero-order chi connectivity index (χ0) is 17.4. The topological polar surface area (TPSA) is 41.5 Å². The van der Waals surface area contributed by atoms with Crippen molar-refractivity contribution in [1.29, 1.82) is 0 Å². The summed E-state index contributed by atoms with van der Waals surface area (Å²) in [5.74, 6) is -0.0402. The molecule has 1 amide bonds. The zero-order valence-electron chi connectivity index (χ0n) is 13.4. The van der Waals surface area contributed by atoms with Crippen molar-refractivity contribution in [3.63, 3.8) is 0 Å². The molecule has 7 heteroatoms. The normalized spacial score (nSPS) is 19.9. The number of carbonyl (C=O) groups is 1. The number of nitrogens with one attached hydrogen (secondary N) is 1. The van der Waals surface area contributed by atoms with Crippen molar-refractivity contribution in [2.45, 2.75) is 45.2 Å². The summed E-state index contributed by atoms with van der Waals surface area (Å²) in [7, 11) is 0. The van der Waals surface area contributed by atoms with E-state index in [1.54, 1.807) is 19.9 Å². The van der Waals surface area contributed by atoms with Crippen LogP contribution in [-0.2, 0) is 11.0 Å². The van der Waals surface area contributed by atoms with Crippen LogP contribution in [-0.4, -0.2) is 16.3 Å². The van der Waals surface area contributed by atoms with E-state index >= 15 is 0 Å². The predicted octanol–water partition coefficient (Wildman–Crippen LogP) is 4.32. The maximum Gasteiger partial charge on any atom is 0.416 e. The van der Waals surface area contributed by atoms with E-state index in [0.717, 1.165) is 12.1 Å².